The van der Waals surface area contributed by atoms with E-state index in [2.05, 4.69) is 10.3 Å². The molecule has 1 aliphatic rings. The minimum Gasteiger partial charge on any atom is -0.496 e. The van der Waals surface area contributed by atoms with E-state index in [9.17, 15) is 13.2 Å². The molecule has 1 amide bonds. The predicted molar refractivity (Wildman–Crippen MR) is 118 cm³/mol. The fourth-order valence-electron chi connectivity index (χ4n) is 4.32. The van der Waals surface area contributed by atoms with Crippen LogP contribution in [0.1, 0.15) is 37.8 Å². The average molecular weight is 428 g/mol. The summed E-state index contributed by atoms with van der Waals surface area (Å²) in [5, 5.41) is 3.01. The summed E-state index contributed by atoms with van der Waals surface area (Å²) in [5.41, 5.74) is 4.28. The lowest BCUT2D eigenvalue weighted by atomic mass is 9.77. The Hall–Kier alpha value is -2.87. The minimum atomic E-state index is -3.14. The number of sulfone groups is 1. The first-order valence-electron chi connectivity index (χ1n) is 9.91. The third-order valence-electron chi connectivity index (χ3n) is 5.98. The van der Waals surface area contributed by atoms with E-state index in [4.69, 9.17) is 9.72 Å². The van der Waals surface area contributed by atoms with Crippen molar-refractivity contribution in [2.24, 2.45) is 0 Å². The Morgan fingerprint density at radius 3 is 2.50 bits per heavy atom. The van der Waals surface area contributed by atoms with E-state index in [1.165, 1.54) is 6.26 Å². The molecule has 0 radical (unpaired) electrons. The Labute approximate surface area is 175 Å². The number of rotatable bonds is 6. The Kier molecular flexibility index (Phi) is 4.85. The van der Waals surface area contributed by atoms with Crippen molar-refractivity contribution >= 4 is 32.5 Å². The number of nitrogens with zero attached hydrogens (tertiary/aromatic N) is 1. The third-order valence-corrected chi connectivity index (χ3v) is 6.83. The molecule has 8 heteroatoms. The van der Waals surface area contributed by atoms with Gasteiger partial charge in [0.15, 0.2) is 9.84 Å². The lowest BCUT2D eigenvalue weighted by Crippen LogP contribution is -2.32. The largest absolute Gasteiger partial charge is 0.496 e. The number of fused-ring (bicyclic) bond motifs is 2. The maximum Gasteiger partial charge on any atom is 0.235 e. The van der Waals surface area contributed by atoms with Crippen molar-refractivity contribution in [1.29, 1.82) is 0 Å². The first kappa shape index (κ1) is 20.4. The van der Waals surface area contributed by atoms with E-state index in [0.29, 0.717) is 17.1 Å². The zero-order valence-electron chi connectivity index (χ0n) is 17.5. The normalized spacial score (nSPS) is 15.3. The van der Waals surface area contributed by atoms with Crippen molar-refractivity contribution in [1.82, 2.24) is 9.97 Å². The summed E-state index contributed by atoms with van der Waals surface area (Å²) in [5.74, 6) is 1.17. The van der Waals surface area contributed by atoms with Crippen molar-refractivity contribution in [3.05, 3.63) is 41.5 Å². The number of aromatic nitrogens is 2. The molecule has 2 N–H and O–H groups in total. The Bertz CT molecular complexity index is 1260. The molecule has 0 spiro atoms. The summed E-state index contributed by atoms with van der Waals surface area (Å²) in [7, 11) is -1.59. The second kappa shape index (κ2) is 7.12. The van der Waals surface area contributed by atoms with Crippen molar-refractivity contribution in [3.8, 4) is 17.1 Å². The van der Waals surface area contributed by atoms with Crippen LogP contribution < -0.4 is 10.1 Å². The van der Waals surface area contributed by atoms with E-state index in [1.54, 1.807) is 19.2 Å². The molecule has 2 heterocycles. The zero-order valence-corrected chi connectivity index (χ0v) is 18.3. The van der Waals surface area contributed by atoms with Crippen LogP contribution in [0.25, 0.3) is 22.4 Å². The SMILES string of the molecule is CCC1(CC)C(=O)Nc2cc3nc(-c4ccc(CS(C)(=O)=O)cc4OC)[nH]c3cc21. The number of hydrogen-bond donors (Lipinski definition) is 2. The van der Waals surface area contributed by atoms with Crippen LogP contribution in [0.15, 0.2) is 30.3 Å². The number of carbonyl (C=O) groups excluding carboxylic acids is 1. The number of carbonyl (C=O) groups is 1. The maximum absolute atomic E-state index is 12.6. The molecule has 7 nitrogen and oxygen atoms in total. The predicted octanol–water partition coefficient (Wildman–Crippen LogP) is 3.79. The third kappa shape index (κ3) is 3.25. The first-order valence-corrected chi connectivity index (χ1v) is 12.0. The van der Waals surface area contributed by atoms with Crippen LogP contribution in [0.5, 0.6) is 5.75 Å². The summed E-state index contributed by atoms with van der Waals surface area (Å²) in [6, 6.07) is 9.22. The number of anilines is 1. The van der Waals surface area contributed by atoms with Gasteiger partial charge in [0.25, 0.3) is 0 Å². The van der Waals surface area contributed by atoms with E-state index in [-0.39, 0.29) is 11.7 Å². The number of hydrogen-bond acceptors (Lipinski definition) is 5. The maximum atomic E-state index is 12.6. The lowest BCUT2D eigenvalue weighted by Gasteiger charge is -2.23. The van der Waals surface area contributed by atoms with E-state index >= 15 is 0 Å². The fourth-order valence-corrected chi connectivity index (χ4v) is 5.11. The number of methoxy groups -OCH3 is 1. The fraction of sp³-hybridized carbons (Fsp3) is 0.364. The molecular weight excluding hydrogens is 402 g/mol. The molecule has 0 saturated carbocycles. The molecule has 4 rings (SSSR count). The minimum absolute atomic E-state index is 0.0403. The topological polar surface area (TPSA) is 101 Å². The highest BCUT2D eigenvalue weighted by Gasteiger charge is 2.44. The summed E-state index contributed by atoms with van der Waals surface area (Å²) >= 11 is 0. The van der Waals surface area contributed by atoms with Gasteiger partial charge < -0.3 is 15.0 Å². The van der Waals surface area contributed by atoms with Gasteiger partial charge in [-0.05, 0) is 48.2 Å². The molecule has 158 valence electrons. The van der Waals surface area contributed by atoms with E-state index in [1.807, 2.05) is 32.0 Å². The molecule has 1 aliphatic heterocycles. The average Bonchev–Trinajstić information content (AvgIpc) is 3.22. The molecule has 0 atom stereocenters. The molecule has 1 aromatic heterocycles. The lowest BCUT2D eigenvalue weighted by molar-refractivity contribution is -0.121. The van der Waals surface area contributed by atoms with E-state index in [0.717, 1.165) is 40.7 Å². The van der Waals surface area contributed by atoms with Gasteiger partial charge in [-0.25, -0.2) is 13.4 Å². The smallest absolute Gasteiger partial charge is 0.235 e. The molecule has 0 bridgehead atoms. The van der Waals surface area contributed by atoms with Crippen LogP contribution in [-0.2, 0) is 25.8 Å². The van der Waals surface area contributed by atoms with Gasteiger partial charge in [-0.2, -0.15) is 0 Å². The van der Waals surface area contributed by atoms with Gasteiger partial charge in [-0.15, -0.1) is 0 Å². The number of aromatic amines is 1. The zero-order chi connectivity index (χ0) is 21.7. The summed E-state index contributed by atoms with van der Waals surface area (Å²) < 4.78 is 28.7. The van der Waals surface area contributed by atoms with Crippen LogP contribution in [-0.4, -0.2) is 37.7 Å². The Balaban J connectivity index is 1.80. The van der Waals surface area contributed by atoms with Crippen LogP contribution in [0.3, 0.4) is 0 Å². The number of imidazole rings is 1. The van der Waals surface area contributed by atoms with Crippen LogP contribution >= 0.6 is 0 Å². The van der Waals surface area contributed by atoms with Gasteiger partial charge in [0.2, 0.25) is 5.91 Å². The summed E-state index contributed by atoms with van der Waals surface area (Å²) in [4.78, 5) is 20.6. The molecule has 0 aliphatic carbocycles. The highest BCUT2D eigenvalue weighted by atomic mass is 32.2. The first-order chi connectivity index (χ1) is 14.2. The van der Waals surface area contributed by atoms with E-state index < -0.39 is 15.3 Å². The molecule has 3 aromatic rings. The number of nitrogens with one attached hydrogen (secondary N) is 2. The van der Waals surface area contributed by atoms with Crippen molar-refractivity contribution < 1.29 is 17.9 Å². The number of benzene rings is 2. The van der Waals surface area contributed by atoms with Gasteiger partial charge in [0.05, 0.1) is 34.9 Å². The van der Waals surface area contributed by atoms with Crippen LogP contribution in [0.2, 0.25) is 0 Å². The van der Waals surface area contributed by atoms with Crippen molar-refractivity contribution in [2.75, 3.05) is 18.7 Å². The van der Waals surface area contributed by atoms with Crippen molar-refractivity contribution in [2.45, 2.75) is 37.9 Å². The van der Waals surface area contributed by atoms with Gasteiger partial charge in [0.1, 0.15) is 11.6 Å². The second-order valence-electron chi connectivity index (χ2n) is 7.85. The van der Waals surface area contributed by atoms with Gasteiger partial charge >= 0.3 is 0 Å². The molecule has 0 saturated heterocycles. The summed E-state index contributed by atoms with van der Waals surface area (Å²) in [6.07, 6.45) is 2.66. The Morgan fingerprint density at radius 1 is 1.13 bits per heavy atom. The van der Waals surface area contributed by atoms with Gasteiger partial charge in [0, 0.05) is 11.9 Å². The Morgan fingerprint density at radius 2 is 1.87 bits per heavy atom. The second-order valence-corrected chi connectivity index (χ2v) is 9.99. The van der Waals surface area contributed by atoms with Crippen LogP contribution in [0, 0.1) is 0 Å². The number of amides is 1. The molecule has 2 aromatic carbocycles. The molecule has 0 unspecified atom stereocenters. The monoisotopic (exact) mass is 427 g/mol. The molecule has 30 heavy (non-hydrogen) atoms. The number of ether oxygens (including phenoxy) is 1. The van der Waals surface area contributed by atoms with Crippen molar-refractivity contribution in [3.63, 3.8) is 0 Å². The molecule has 0 fully saturated rings. The highest BCUT2D eigenvalue weighted by molar-refractivity contribution is 7.89. The molecular formula is C22H25N3O4S. The standard InChI is InChI=1S/C22H25N3O4S/c1-5-22(6-2)15-10-17-18(11-16(15)25-21(22)26)24-20(23-17)14-8-7-13(9-19(14)29-3)12-30(4,27)28/h7-11H,5-6,12H2,1-4H3,(H,23,24)(H,25,26). The summed E-state index contributed by atoms with van der Waals surface area (Å²) in [6.45, 7) is 4.06. The highest BCUT2D eigenvalue weighted by Crippen LogP contribution is 2.44. The van der Waals surface area contributed by atoms with Gasteiger partial charge in [-0.3, -0.25) is 4.79 Å². The quantitative estimate of drug-likeness (QED) is 0.623. The van der Waals surface area contributed by atoms with Gasteiger partial charge in [-0.1, -0.05) is 19.9 Å². The van der Waals surface area contributed by atoms with Crippen LogP contribution in [0.4, 0.5) is 5.69 Å². The number of H-pyrrole nitrogens is 1.